The summed E-state index contributed by atoms with van der Waals surface area (Å²) in [5, 5.41) is 7.00. The van der Waals surface area contributed by atoms with Crippen molar-refractivity contribution in [3.8, 4) is 0 Å². The zero-order valence-electron chi connectivity index (χ0n) is 7.70. The SMILES string of the molecule is CC(C)c1cc[nH+]cc1S.CO. The molecule has 1 aromatic heterocycles. The van der Waals surface area contributed by atoms with Gasteiger partial charge in [0, 0.05) is 13.2 Å². The smallest absolute Gasteiger partial charge is 0.180 e. The van der Waals surface area contributed by atoms with Crippen molar-refractivity contribution in [2.45, 2.75) is 24.7 Å². The average molecular weight is 186 g/mol. The Kier molecular flexibility index (Phi) is 5.76. The van der Waals surface area contributed by atoms with E-state index in [0.717, 1.165) is 12.0 Å². The van der Waals surface area contributed by atoms with Crippen LogP contribution in [-0.2, 0) is 0 Å². The van der Waals surface area contributed by atoms with Crippen molar-refractivity contribution in [2.75, 3.05) is 7.11 Å². The summed E-state index contributed by atoms with van der Waals surface area (Å²) in [6, 6.07) is 2.06. The number of H-pyrrole nitrogens is 1. The molecule has 1 heterocycles. The number of nitrogens with one attached hydrogen (secondary N) is 1. The standard InChI is InChI=1S/C8H11NS.CH4O/c1-6(2)7-3-4-9-5-8(7)10;1-2/h3-6,10H,1-2H3;2H,1H3/p+1. The van der Waals surface area contributed by atoms with Gasteiger partial charge >= 0.3 is 0 Å². The summed E-state index contributed by atoms with van der Waals surface area (Å²) in [5.74, 6) is 0.557. The molecule has 0 bridgehead atoms. The first-order valence-corrected chi connectivity index (χ1v) is 4.30. The van der Waals surface area contributed by atoms with E-state index in [-0.39, 0.29) is 0 Å². The van der Waals surface area contributed by atoms with Gasteiger partial charge in [-0.15, -0.1) is 12.6 Å². The predicted molar refractivity (Wildman–Crippen MR) is 52.5 cm³/mol. The van der Waals surface area contributed by atoms with E-state index in [4.69, 9.17) is 5.11 Å². The van der Waals surface area contributed by atoms with Crippen molar-refractivity contribution in [1.82, 2.24) is 0 Å². The molecule has 0 spiro atoms. The Labute approximate surface area is 79.1 Å². The lowest BCUT2D eigenvalue weighted by Crippen LogP contribution is -2.01. The van der Waals surface area contributed by atoms with Crippen LogP contribution in [0, 0.1) is 0 Å². The minimum absolute atomic E-state index is 0.557. The normalized spacial score (nSPS) is 9.17. The Hall–Kier alpha value is -0.540. The Morgan fingerprint density at radius 2 is 2.00 bits per heavy atom. The molecule has 2 nitrogen and oxygen atoms in total. The molecule has 0 aliphatic heterocycles. The first kappa shape index (κ1) is 11.5. The summed E-state index contributed by atoms with van der Waals surface area (Å²) in [6.45, 7) is 4.32. The zero-order valence-corrected chi connectivity index (χ0v) is 8.60. The van der Waals surface area contributed by atoms with E-state index >= 15 is 0 Å². The summed E-state index contributed by atoms with van der Waals surface area (Å²) < 4.78 is 0. The van der Waals surface area contributed by atoms with E-state index in [1.807, 2.05) is 12.4 Å². The van der Waals surface area contributed by atoms with Crippen molar-refractivity contribution in [3.63, 3.8) is 0 Å². The van der Waals surface area contributed by atoms with Crippen LogP contribution < -0.4 is 4.98 Å². The molecule has 0 unspecified atom stereocenters. The van der Waals surface area contributed by atoms with Crippen LogP contribution in [0.4, 0.5) is 0 Å². The number of aromatic nitrogens is 1. The van der Waals surface area contributed by atoms with Crippen LogP contribution >= 0.6 is 12.6 Å². The van der Waals surface area contributed by atoms with Crippen LogP contribution in [0.5, 0.6) is 0 Å². The molecule has 68 valence electrons. The highest BCUT2D eigenvalue weighted by atomic mass is 32.1. The third kappa shape index (κ3) is 3.24. The second kappa shape index (κ2) is 6.03. The molecule has 0 aromatic carbocycles. The van der Waals surface area contributed by atoms with Gasteiger partial charge in [0.15, 0.2) is 12.4 Å². The van der Waals surface area contributed by atoms with Crippen molar-refractivity contribution in [3.05, 3.63) is 24.0 Å². The van der Waals surface area contributed by atoms with Gasteiger partial charge in [-0.05, 0) is 11.5 Å². The van der Waals surface area contributed by atoms with Crippen LogP contribution in [0.25, 0.3) is 0 Å². The Bertz CT molecular complexity index is 226. The molecule has 0 saturated carbocycles. The molecular formula is C9H16NOS+. The van der Waals surface area contributed by atoms with Gasteiger partial charge in [-0.3, -0.25) is 0 Å². The third-order valence-electron chi connectivity index (χ3n) is 1.50. The van der Waals surface area contributed by atoms with Gasteiger partial charge in [0.2, 0.25) is 0 Å². The first-order valence-electron chi connectivity index (χ1n) is 3.85. The summed E-state index contributed by atoms with van der Waals surface area (Å²) in [5.41, 5.74) is 1.29. The number of pyridine rings is 1. The van der Waals surface area contributed by atoms with Crippen LogP contribution in [0.1, 0.15) is 25.3 Å². The van der Waals surface area contributed by atoms with Gasteiger partial charge in [-0.1, -0.05) is 13.8 Å². The monoisotopic (exact) mass is 186 g/mol. The largest absolute Gasteiger partial charge is 0.400 e. The number of hydrogen-bond acceptors (Lipinski definition) is 2. The fraction of sp³-hybridized carbons (Fsp3) is 0.444. The molecule has 12 heavy (non-hydrogen) atoms. The van der Waals surface area contributed by atoms with Crippen LogP contribution in [-0.4, -0.2) is 12.2 Å². The molecule has 0 fully saturated rings. The van der Waals surface area contributed by atoms with E-state index < -0.39 is 0 Å². The fourth-order valence-corrected chi connectivity index (χ4v) is 1.33. The minimum Gasteiger partial charge on any atom is -0.400 e. The van der Waals surface area contributed by atoms with Gasteiger partial charge in [0.25, 0.3) is 0 Å². The maximum absolute atomic E-state index is 7.00. The second-order valence-electron chi connectivity index (χ2n) is 2.64. The molecule has 0 amide bonds. The molecule has 0 saturated heterocycles. The highest BCUT2D eigenvalue weighted by Crippen LogP contribution is 2.19. The van der Waals surface area contributed by atoms with Gasteiger partial charge < -0.3 is 5.11 Å². The van der Waals surface area contributed by atoms with Crippen LogP contribution in [0.3, 0.4) is 0 Å². The predicted octanol–water partition coefficient (Wildman–Crippen LogP) is 1.52. The van der Waals surface area contributed by atoms with E-state index in [1.54, 1.807) is 0 Å². The summed E-state index contributed by atoms with van der Waals surface area (Å²) in [6.07, 6.45) is 3.83. The topological polar surface area (TPSA) is 34.4 Å². The lowest BCUT2D eigenvalue weighted by atomic mass is 10.1. The molecule has 0 aliphatic rings. The molecule has 3 heteroatoms. The molecule has 0 atom stereocenters. The number of aromatic amines is 1. The Morgan fingerprint density at radius 1 is 1.42 bits per heavy atom. The molecule has 0 radical (unpaired) electrons. The average Bonchev–Trinajstić information content (AvgIpc) is 2.08. The molecule has 0 aliphatic carbocycles. The lowest BCUT2D eigenvalue weighted by molar-refractivity contribution is -0.381. The third-order valence-corrected chi connectivity index (χ3v) is 1.88. The van der Waals surface area contributed by atoms with Gasteiger partial charge in [0.1, 0.15) is 0 Å². The Morgan fingerprint density at radius 3 is 2.33 bits per heavy atom. The highest BCUT2D eigenvalue weighted by molar-refractivity contribution is 7.80. The second-order valence-corrected chi connectivity index (χ2v) is 3.12. The van der Waals surface area contributed by atoms with Gasteiger partial charge in [0.05, 0.1) is 4.90 Å². The van der Waals surface area contributed by atoms with Crippen molar-refractivity contribution in [2.24, 2.45) is 0 Å². The molecule has 2 N–H and O–H groups in total. The summed E-state index contributed by atoms with van der Waals surface area (Å²) in [4.78, 5) is 4.02. The maximum Gasteiger partial charge on any atom is 0.180 e. The number of hydrogen-bond donors (Lipinski definition) is 2. The highest BCUT2D eigenvalue weighted by Gasteiger charge is 2.03. The number of rotatable bonds is 1. The van der Waals surface area contributed by atoms with Gasteiger partial charge in [-0.25, -0.2) is 4.98 Å². The maximum atomic E-state index is 7.00. The number of aliphatic hydroxyl groups excluding tert-OH is 1. The molecule has 1 aromatic rings. The van der Waals surface area contributed by atoms with E-state index in [2.05, 4.69) is 37.5 Å². The number of aliphatic hydroxyl groups is 1. The van der Waals surface area contributed by atoms with Crippen LogP contribution in [0.2, 0.25) is 0 Å². The quantitative estimate of drug-likeness (QED) is 0.641. The fourth-order valence-electron chi connectivity index (χ4n) is 0.922. The van der Waals surface area contributed by atoms with Crippen molar-refractivity contribution < 1.29 is 10.1 Å². The molecule has 1 rings (SSSR count). The Balaban J connectivity index is 0.000000561. The number of thiol groups is 1. The van der Waals surface area contributed by atoms with Crippen molar-refractivity contribution >= 4 is 12.6 Å². The summed E-state index contributed by atoms with van der Waals surface area (Å²) >= 11 is 4.31. The minimum atomic E-state index is 0.557. The van der Waals surface area contributed by atoms with E-state index in [1.165, 1.54) is 5.56 Å². The zero-order chi connectivity index (χ0) is 9.56. The molecular weight excluding hydrogens is 170 g/mol. The summed E-state index contributed by atoms with van der Waals surface area (Å²) in [7, 11) is 1.00. The van der Waals surface area contributed by atoms with Crippen LogP contribution in [0.15, 0.2) is 23.4 Å². The van der Waals surface area contributed by atoms with Gasteiger partial charge in [-0.2, -0.15) is 0 Å². The van der Waals surface area contributed by atoms with E-state index in [0.29, 0.717) is 5.92 Å². The van der Waals surface area contributed by atoms with E-state index in [9.17, 15) is 0 Å². The first-order chi connectivity index (χ1) is 5.72. The lowest BCUT2D eigenvalue weighted by Gasteiger charge is -2.03. The van der Waals surface area contributed by atoms with Crippen molar-refractivity contribution in [1.29, 1.82) is 0 Å².